The van der Waals surface area contributed by atoms with Crippen molar-refractivity contribution in [2.24, 2.45) is 5.41 Å². The van der Waals surface area contributed by atoms with Crippen LogP contribution < -0.4 is 4.74 Å². The molecule has 0 heterocycles. The van der Waals surface area contributed by atoms with Gasteiger partial charge >= 0.3 is 12.5 Å². The largest absolute Gasteiger partial charge is 0.461 e. The van der Waals surface area contributed by atoms with Gasteiger partial charge in [0.05, 0.1) is 18.1 Å². The molecule has 1 aromatic rings. The topological polar surface area (TPSA) is 52.6 Å². The molecule has 0 bridgehead atoms. The molecular weight excluding hydrogens is 400 g/mol. The number of hydrogen-bond acceptors (Lipinski definition) is 4. The maximum Gasteiger partial charge on any atom is 0.461 e. The maximum absolute atomic E-state index is 13.0. The van der Waals surface area contributed by atoms with Gasteiger partial charge in [-0.1, -0.05) is 39.8 Å². The lowest BCUT2D eigenvalue weighted by molar-refractivity contribution is -0.253. The average molecular weight is 428 g/mol. The molecule has 0 fully saturated rings. The highest BCUT2D eigenvalue weighted by atomic mass is 32.2. The lowest BCUT2D eigenvalue weighted by atomic mass is 9.99. The molecule has 1 atom stereocenters. The molecule has 0 N–H and O–H groups in total. The summed E-state index contributed by atoms with van der Waals surface area (Å²) in [6.45, 7) is 8.52. The van der Waals surface area contributed by atoms with E-state index in [2.05, 4.69) is 4.74 Å². The minimum Gasteiger partial charge on any atom is -0.428 e. The first-order valence-electron chi connectivity index (χ1n) is 8.95. The maximum atomic E-state index is 13.0. The van der Waals surface area contributed by atoms with Gasteiger partial charge in [0.2, 0.25) is 0 Å². The van der Waals surface area contributed by atoms with Gasteiger partial charge in [-0.3, -0.25) is 0 Å². The Morgan fingerprint density at radius 2 is 1.79 bits per heavy atom. The SMILES string of the molecule is C[C@@H](CS(=O)(=O)CCCOCC(C)(C)C)c1cccc(OC(F)(F)C(F)F)c1. The molecule has 162 valence electrons. The molecule has 0 saturated carbocycles. The first-order valence-corrected chi connectivity index (χ1v) is 10.8. The lowest BCUT2D eigenvalue weighted by Gasteiger charge is -2.19. The zero-order valence-corrected chi connectivity index (χ0v) is 17.4. The summed E-state index contributed by atoms with van der Waals surface area (Å²) in [5.41, 5.74) is 0.414. The summed E-state index contributed by atoms with van der Waals surface area (Å²) in [5.74, 6) is -1.20. The number of benzene rings is 1. The van der Waals surface area contributed by atoms with Crippen molar-refractivity contribution < 1.29 is 35.5 Å². The Kier molecular flexibility index (Phi) is 8.74. The second-order valence-corrected chi connectivity index (χ2v) is 10.2. The molecular formula is C19H28F4O4S. The van der Waals surface area contributed by atoms with E-state index < -0.39 is 34.0 Å². The molecule has 0 aromatic heterocycles. The monoisotopic (exact) mass is 428 g/mol. The molecule has 0 saturated heterocycles. The third kappa shape index (κ3) is 9.23. The van der Waals surface area contributed by atoms with Crippen LogP contribution in [0.2, 0.25) is 0 Å². The van der Waals surface area contributed by atoms with Crippen LogP contribution in [0.3, 0.4) is 0 Å². The van der Waals surface area contributed by atoms with Crippen LogP contribution in [-0.4, -0.2) is 45.7 Å². The van der Waals surface area contributed by atoms with Gasteiger partial charge in [0, 0.05) is 6.61 Å². The van der Waals surface area contributed by atoms with Gasteiger partial charge in [0.25, 0.3) is 0 Å². The Bertz CT molecular complexity index is 715. The van der Waals surface area contributed by atoms with E-state index >= 15 is 0 Å². The zero-order valence-electron chi connectivity index (χ0n) is 16.6. The Labute approximate surface area is 164 Å². The van der Waals surface area contributed by atoms with Crippen LogP contribution in [0.4, 0.5) is 17.6 Å². The van der Waals surface area contributed by atoms with Crippen molar-refractivity contribution in [3.63, 3.8) is 0 Å². The number of rotatable bonds is 11. The van der Waals surface area contributed by atoms with E-state index in [1.54, 1.807) is 13.0 Å². The first kappa shape index (κ1) is 24.7. The summed E-state index contributed by atoms with van der Waals surface area (Å²) in [6.07, 6.45) is -8.22. The average Bonchev–Trinajstić information content (AvgIpc) is 2.52. The summed E-state index contributed by atoms with van der Waals surface area (Å²) < 4.78 is 84.6. The Morgan fingerprint density at radius 3 is 2.36 bits per heavy atom. The minimum atomic E-state index is -4.61. The fourth-order valence-corrected chi connectivity index (χ4v) is 4.08. The second kappa shape index (κ2) is 9.91. The number of halogens is 4. The van der Waals surface area contributed by atoms with Crippen LogP contribution in [0.15, 0.2) is 24.3 Å². The molecule has 1 rings (SSSR count). The Morgan fingerprint density at radius 1 is 1.14 bits per heavy atom. The Balaban J connectivity index is 2.61. The van der Waals surface area contributed by atoms with Crippen LogP contribution in [0.5, 0.6) is 5.75 Å². The van der Waals surface area contributed by atoms with Crippen LogP contribution >= 0.6 is 0 Å². The molecule has 4 nitrogen and oxygen atoms in total. The highest BCUT2D eigenvalue weighted by molar-refractivity contribution is 7.91. The van der Waals surface area contributed by atoms with Gasteiger partial charge in [0.1, 0.15) is 5.75 Å². The normalized spacial score (nSPS) is 14.3. The number of alkyl halides is 4. The van der Waals surface area contributed by atoms with Gasteiger partial charge in [-0.05, 0) is 35.4 Å². The summed E-state index contributed by atoms with van der Waals surface area (Å²) in [4.78, 5) is 0. The quantitative estimate of drug-likeness (QED) is 0.372. The smallest absolute Gasteiger partial charge is 0.428 e. The van der Waals surface area contributed by atoms with Crippen LogP contribution in [-0.2, 0) is 14.6 Å². The highest BCUT2D eigenvalue weighted by Gasteiger charge is 2.44. The van der Waals surface area contributed by atoms with E-state index in [4.69, 9.17) is 4.74 Å². The van der Waals surface area contributed by atoms with Crippen LogP contribution in [0, 0.1) is 5.41 Å². The van der Waals surface area contributed by atoms with Crippen molar-refractivity contribution in [3.05, 3.63) is 29.8 Å². The van der Waals surface area contributed by atoms with E-state index in [0.29, 0.717) is 25.2 Å². The molecule has 1 aromatic carbocycles. The third-order valence-electron chi connectivity index (χ3n) is 3.72. The molecule has 28 heavy (non-hydrogen) atoms. The van der Waals surface area contributed by atoms with Crippen molar-refractivity contribution in [2.45, 2.75) is 52.6 Å². The van der Waals surface area contributed by atoms with E-state index in [9.17, 15) is 26.0 Å². The number of sulfone groups is 1. The van der Waals surface area contributed by atoms with E-state index in [1.165, 1.54) is 6.07 Å². The summed E-state index contributed by atoms with van der Waals surface area (Å²) in [5, 5.41) is 0. The van der Waals surface area contributed by atoms with Crippen molar-refractivity contribution in [2.75, 3.05) is 24.7 Å². The molecule has 0 aliphatic heterocycles. The fraction of sp³-hybridized carbons (Fsp3) is 0.684. The minimum absolute atomic E-state index is 0.00159. The van der Waals surface area contributed by atoms with E-state index in [-0.39, 0.29) is 16.9 Å². The number of ether oxygens (including phenoxy) is 2. The summed E-state index contributed by atoms with van der Waals surface area (Å²) >= 11 is 0. The third-order valence-corrected chi connectivity index (χ3v) is 5.64. The van der Waals surface area contributed by atoms with Crippen molar-refractivity contribution >= 4 is 9.84 Å². The van der Waals surface area contributed by atoms with Crippen molar-refractivity contribution in [3.8, 4) is 5.75 Å². The predicted molar refractivity (Wildman–Crippen MR) is 100.0 cm³/mol. The molecule has 0 spiro atoms. The van der Waals surface area contributed by atoms with Gasteiger partial charge in [-0.2, -0.15) is 17.6 Å². The van der Waals surface area contributed by atoms with Gasteiger partial charge < -0.3 is 9.47 Å². The first-order chi connectivity index (χ1) is 12.7. The molecule has 0 radical (unpaired) electrons. The van der Waals surface area contributed by atoms with Gasteiger partial charge in [-0.15, -0.1) is 0 Å². The molecule has 0 unspecified atom stereocenters. The van der Waals surface area contributed by atoms with Crippen LogP contribution in [0.1, 0.15) is 45.6 Å². The zero-order chi connectivity index (χ0) is 21.6. The van der Waals surface area contributed by atoms with Gasteiger partial charge in [0.15, 0.2) is 9.84 Å². The van der Waals surface area contributed by atoms with Gasteiger partial charge in [-0.25, -0.2) is 8.42 Å². The predicted octanol–water partition coefficient (Wildman–Crippen LogP) is 4.89. The second-order valence-electron chi connectivity index (χ2n) is 8.02. The van der Waals surface area contributed by atoms with Crippen LogP contribution in [0.25, 0.3) is 0 Å². The Hall–Kier alpha value is -1.35. The van der Waals surface area contributed by atoms with E-state index in [1.807, 2.05) is 20.8 Å². The lowest BCUT2D eigenvalue weighted by Crippen LogP contribution is -2.33. The fourth-order valence-electron chi connectivity index (χ4n) is 2.41. The molecule has 0 amide bonds. The standard InChI is InChI=1S/C19H28F4O4S/c1-14(12-28(24,25)10-6-9-26-13-18(2,3)4)15-7-5-8-16(11-15)27-19(22,23)17(20)21/h5,7-8,11,14,17H,6,9-10,12-13H2,1-4H3/t14-/m0/s1. The van der Waals surface area contributed by atoms with Crippen molar-refractivity contribution in [1.29, 1.82) is 0 Å². The molecule has 0 aliphatic rings. The van der Waals surface area contributed by atoms with E-state index in [0.717, 1.165) is 12.1 Å². The summed E-state index contributed by atoms with van der Waals surface area (Å²) in [7, 11) is -3.40. The van der Waals surface area contributed by atoms with Crippen molar-refractivity contribution in [1.82, 2.24) is 0 Å². The summed E-state index contributed by atoms with van der Waals surface area (Å²) in [6, 6.07) is 5.17. The molecule has 9 heteroatoms. The highest BCUT2D eigenvalue weighted by Crippen LogP contribution is 2.29. The molecule has 0 aliphatic carbocycles. The number of hydrogen-bond donors (Lipinski definition) is 0.